The van der Waals surface area contributed by atoms with E-state index in [2.05, 4.69) is 20.9 Å². The summed E-state index contributed by atoms with van der Waals surface area (Å²) in [5, 5.41) is 0. The molecule has 1 aromatic heterocycles. The number of ether oxygens (including phenoxy) is 1. The summed E-state index contributed by atoms with van der Waals surface area (Å²) in [6.45, 7) is 0.512. The van der Waals surface area contributed by atoms with Crippen molar-refractivity contribution in [1.29, 1.82) is 0 Å². The number of aromatic nitrogens is 1. The number of methoxy groups -OCH3 is 1. The van der Waals surface area contributed by atoms with Crippen LogP contribution in [0.15, 0.2) is 22.9 Å². The number of nitrogens with zero attached hydrogens (tertiary/aromatic N) is 1. The minimum atomic E-state index is -0.0972. The Balaban J connectivity index is 2.73. The van der Waals surface area contributed by atoms with Gasteiger partial charge in [-0.3, -0.25) is 4.98 Å². The first-order chi connectivity index (χ1) is 5.74. The topological polar surface area (TPSA) is 48.1 Å². The molecule has 66 valence electrons. The lowest BCUT2D eigenvalue weighted by molar-refractivity contribution is 0.181. The molecule has 2 N–H and O–H groups in total. The highest BCUT2D eigenvalue weighted by atomic mass is 79.9. The van der Waals surface area contributed by atoms with Gasteiger partial charge in [-0.25, -0.2) is 0 Å². The average Bonchev–Trinajstić information content (AvgIpc) is 2.05. The maximum atomic E-state index is 5.79. The molecule has 0 aliphatic rings. The quantitative estimate of drug-likeness (QED) is 0.857. The van der Waals surface area contributed by atoms with Crippen LogP contribution in [0.2, 0.25) is 0 Å². The molecule has 0 amide bonds. The van der Waals surface area contributed by atoms with Crippen LogP contribution in [0.25, 0.3) is 0 Å². The Bertz CT molecular complexity index is 255. The molecule has 0 fully saturated rings. The summed E-state index contributed by atoms with van der Waals surface area (Å²) in [6, 6.07) is 1.84. The Hall–Kier alpha value is -0.450. The lowest BCUT2D eigenvalue weighted by atomic mass is 10.1. The van der Waals surface area contributed by atoms with Crippen LogP contribution in [0.1, 0.15) is 11.6 Å². The monoisotopic (exact) mass is 230 g/mol. The van der Waals surface area contributed by atoms with Crippen molar-refractivity contribution >= 4 is 15.9 Å². The van der Waals surface area contributed by atoms with Crippen LogP contribution in [-0.2, 0) is 4.74 Å². The Kier molecular flexibility index (Phi) is 3.65. The molecular weight excluding hydrogens is 220 g/mol. The van der Waals surface area contributed by atoms with Crippen molar-refractivity contribution in [3.63, 3.8) is 0 Å². The molecule has 1 heterocycles. The Labute approximate surface area is 80.1 Å². The fraction of sp³-hybridized carbons (Fsp3) is 0.375. The van der Waals surface area contributed by atoms with Crippen LogP contribution in [-0.4, -0.2) is 18.7 Å². The molecule has 1 rings (SSSR count). The second kappa shape index (κ2) is 4.54. The Morgan fingerprint density at radius 1 is 1.67 bits per heavy atom. The summed E-state index contributed by atoms with van der Waals surface area (Å²) < 4.78 is 5.87. The first-order valence-electron chi connectivity index (χ1n) is 3.59. The molecule has 0 aliphatic heterocycles. The van der Waals surface area contributed by atoms with Crippen molar-refractivity contribution in [2.24, 2.45) is 5.73 Å². The second-order valence-corrected chi connectivity index (χ2v) is 3.41. The van der Waals surface area contributed by atoms with Crippen molar-refractivity contribution in [1.82, 2.24) is 4.98 Å². The lowest BCUT2D eigenvalue weighted by Gasteiger charge is -2.09. The van der Waals surface area contributed by atoms with Crippen LogP contribution in [0.5, 0.6) is 0 Å². The summed E-state index contributed by atoms with van der Waals surface area (Å²) in [6.07, 6.45) is 3.47. The van der Waals surface area contributed by atoms with E-state index in [0.717, 1.165) is 10.0 Å². The zero-order valence-electron chi connectivity index (χ0n) is 6.83. The van der Waals surface area contributed by atoms with Crippen LogP contribution in [0, 0.1) is 0 Å². The molecule has 0 saturated carbocycles. The number of halogens is 1. The predicted molar refractivity (Wildman–Crippen MR) is 50.7 cm³/mol. The average molecular weight is 231 g/mol. The zero-order valence-corrected chi connectivity index (χ0v) is 8.41. The molecule has 1 aromatic rings. The summed E-state index contributed by atoms with van der Waals surface area (Å²) in [5.41, 5.74) is 6.77. The van der Waals surface area contributed by atoms with Gasteiger partial charge in [0.25, 0.3) is 0 Å². The van der Waals surface area contributed by atoms with Crippen molar-refractivity contribution in [2.75, 3.05) is 13.7 Å². The van der Waals surface area contributed by atoms with Gasteiger partial charge >= 0.3 is 0 Å². The molecule has 0 spiro atoms. The standard InChI is InChI=1S/C8H11BrN2O/c1-12-5-8(10)6-2-7(9)4-11-3-6/h2-4,8H,5,10H2,1H3/t8-/m1/s1. The zero-order chi connectivity index (χ0) is 8.97. The van der Waals surface area contributed by atoms with E-state index < -0.39 is 0 Å². The van der Waals surface area contributed by atoms with E-state index in [1.54, 1.807) is 19.5 Å². The number of nitrogens with two attached hydrogens (primary N) is 1. The molecule has 0 bridgehead atoms. The minimum absolute atomic E-state index is 0.0972. The van der Waals surface area contributed by atoms with E-state index in [9.17, 15) is 0 Å². The third kappa shape index (κ3) is 2.55. The lowest BCUT2D eigenvalue weighted by Crippen LogP contribution is -2.16. The van der Waals surface area contributed by atoms with Gasteiger partial charge in [-0.05, 0) is 27.6 Å². The first-order valence-corrected chi connectivity index (χ1v) is 4.38. The van der Waals surface area contributed by atoms with E-state index in [-0.39, 0.29) is 6.04 Å². The Morgan fingerprint density at radius 3 is 3.00 bits per heavy atom. The Morgan fingerprint density at radius 2 is 2.42 bits per heavy atom. The summed E-state index contributed by atoms with van der Waals surface area (Å²) in [4.78, 5) is 4.01. The SMILES string of the molecule is COC[C@@H](N)c1cncc(Br)c1. The fourth-order valence-electron chi connectivity index (χ4n) is 0.907. The van der Waals surface area contributed by atoms with Gasteiger partial charge in [-0.1, -0.05) is 0 Å². The maximum absolute atomic E-state index is 5.79. The van der Waals surface area contributed by atoms with Gasteiger partial charge in [0.1, 0.15) is 0 Å². The van der Waals surface area contributed by atoms with Crippen LogP contribution in [0.3, 0.4) is 0 Å². The third-order valence-corrected chi connectivity index (χ3v) is 1.93. The first kappa shape index (κ1) is 9.64. The highest BCUT2D eigenvalue weighted by Crippen LogP contribution is 2.14. The van der Waals surface area contributed by atoms with Crippen LogP contribution < -0.4 is 5.73 Å². The van der Waals surface area contributed by atoms with E-state index in [4.69, 9.17) is 10.5 Å². The fourth-order valence-corrected chi connectivity index (χ4v) is 1.29. The maximum Gasteiger partial charge on any atom is 0.0656 e. The van der Waals surface area contributed by atoms with Gasteiger partial charge in [0, 0.05) is 24.0 Å². The van der Waals surface area contributed by atoms with E-state index in [1.807, 2.05) is 6.07 Å². The van der Waals surface area contributed by atoms with Crippen molar-refractivity contribution in [2.45, 2.75) is 6.04 Å². The number of hydrogen-bond donors (Lipinski definition) is 1. The number of rotatable bonds is 3. The highest BCUT2D eigenvalue weighted by molar-refractivity contribution is 9.10. The minimum Gasteiger partial charge on any atom is -0.383 e. The molecule has 12 heavy (non-hydrogen) atoms. The summed E-state index contributed by atoms with van der Waals surface area (Å²) >= 11 is 3.32. The largest absolute Gasteiger partial charge is 0.383 e. The molecule has 0 radical (unpaired) electrons. The number of hydrogen-bond acceptors (Lipinski definition) is 3. The molecule has 0 aromatic carbocycles. The molecule has 0 aliphatic carbocycles. The summed E-state index contributed by atoms with van der Waals surface area (Å²) in [5.74, 6) is 0. The van der Waals surface area contributed by atoms with Gasteiger partial charge in [0.05, 0.1) is 12.6 Å². The van der Waals surface area contributed by atoms with Crippen molar-refractivity contribution in [3.8, 4) is 0 Å². The van der Waals surface area contributed by atoms with Crippen LogP contribution in [0.4, 0.5) is 0 Å². The normalized spacial score (nSPS) is 12.9. The van der Waals surface area contributed by atoms with E-state index in [0.29, 0.717) is 6.61 Å². The molecule has 0 saturated heterocycles. The van der Waals surface area contributed by atoms with Crippen LogP contribution >= 0.6 is 15.9 Å². The molecular formula is C8H11BrN2O. The molecule has 1 atom stereocenters. The molecule has 4 heteroatoms. The van der Waals surface area contributed by atoms with Crippen molar-refractivity contribution in [3.05, 3.63) is 28.5 Å². The molecule has 3 nitrogen and oxygen atoms in total. The highest BCUT2D eigenvalue weighted by Gasteiger charge is 2.05. The smallest absolute Gasteiger partial charge is 0.0656 e. The van der Waals surface area contributed by atoms with Gasteiger partial charge in [-0.2, -0.15) is 0 Å². The van der Waals surface area contributed by atoms with Gasteiger partial charge in [-0.15, -0.1) is 0 Å². The van der Waals surface area contributed by atoms with E-state index in [1.165, 1.54) is 0 Å². The van der Waals surface area contributed by atoms with Gasteiger partial charge in [0.2, 0.25) is 0 Å². The summed E-state index contributed by atoms with van der Waals surface area (Å²) in [7, 11) is 1.63. The predicted octanol–water partition coefficient (Wildman–Crippen LogP) is 1.49. The molecule has 0 unspecified atom stereocenters. The number of pyridine rings is 1. The van der Waals surface area contributed by atoms with E-state index >= 15 is 0 Å². The van der Waals surface area contributed by atoms with Gasteiger partial charge < -0.3 is 10.5 Å². The second-order valence-electron chi connectivity index (χ2n) is 2.50. The van der Waals surface area contributed by atoms with Gasteiger partial charge in [0.15, 0.2) is 0 Å². The van der Waals surface area contributed by atoms with Crippen molar-refractivity contribution < 1.29 is 4.74 Å². The third-order valence-electron chi connectivity index (χ3n) is 1.50.